The predicted molar refractivity (Wildman–Crippen MR) is 104 cm³/mol. The molecule has 0 fully saturated rings. The molecule has 0 atom stereocenters. The fraction of sp³-hybridized carbons (Fsp3) is 0.0909. The Morgan fingerprint density at radius 2 is 1.37 bits per heavy atom. The summed E-state index contributed by atoms with van der Waals surface area (Å²) >= 11 is 0. The molecule has 0 radical (unpaired) electrons. The van der Waals surface area contributed by atoms with Gasteiger partial charge in [0.15, 0.2) is 5.76 Å². The van der Waals surface area contributed by atoms with Crippen molar-refractivity contribution in [3.8, 4) is 45.8 Å². The zero-order valence-electron chi connectivity index (χ0n) is 15.0. The van der Waals surface area contributed by atoms with Gasteiger partial charge in [0.2, 0.25) is 17.7 Å². The molecule has 27 heavy (non-hydrogen) atoms. The Kier molecular flexibility index (Phi) is 4.58. The van der Waals surface area contributed by atoms with Crippen molar-refractivity contribution in [2.45, 2.75) is 0 Å². The summed E-state index contributed by atoms with van der Waals surface area (Å²) in [7, 11) is 3.14. The summed E-state index contributed by atoms with van der Waals surface area (Å²) in [5, 5.41) is 0. The van der Waals surface area contributed by atoms with Crippen LogP contribution in [0, 0.1) is 0 Å². The van der Waals surface area contributed by atoms with Crippen LogP contribution in [0.3, 0.4) is 0 Å². The molecule has 5 heteroatoms. The Morgan fingerprint density at radius 3 is 2.00 bits per heavy atom. The van der Waals surface area contributed by atoms with Gasteiger partial charge in [0, 0.05) is 17.2 Å². The summed E-state index contributed by atoms with van der Waals surface area (Å²) in [6, 6.07) is 23.3. The Hall–Kier alpha value is -3.60. The second-order valence-corrected chi connectivity index (χ2v) is 5.84. The topological polar surface area (TPSA) is 57.4 Å². The van der Waals surface area contributed by atoms with Crippen LogP contribution in [0.1, 0.15) is 0 Å². The Bertz CT molecular complexity index is 1040. The fourth-order valence-electron chi connectivity index (χ4n) is 2.87. The van der Waals surface area contributed by atoms with E-state index in [2.05, 4.69) is 4.98 Å². The molecule has 0 bridgehead atoms. The Balaban J connectivity index is 1.93. The van der Waals surface area contributed by atoms with Crippen LogP contribution in [0.25, 0.3) is 34.0 Å². The van der Waals surface area contributed by atoms with E-state index >= 15 is 0 Å². The average molecular weight is 358 g/mol. The lowest BCUT2D eigenvalue weighted by Crippen LogP contribution is -1.95. The van der Waals surface area contributed by atoms with Gasteiger partial charge in [-0.25, -0.2) is 4.98 Å². The lowest BCUT2D eigenvalue weighted by molar-refractivity contribution is 0.366. The molecular weight excluding hydrogens is 340 g/mol. The number of methoxy groups -OCH3 is 2. The van der Waals surface area contributed by atoms with E-state index in [1.807, 2.05) is 66.7 Å². The third-order valence-corrected chi connectivity index (χ3v) is 4.18. The molecule has 2 aromatic heterocycles. The lowest BCUT2D eigenvalue weighted by Gasteiger charge is -2.08. The van der Waals surface area contributed by atoms with E-state index in [4.69, 9.17) is 18.9 Å². The predicted octanol–water partition coefficient (Wildman–Crippen LogP) is 5.09. The molecule has 5 nitrogen and oxygen atoms in total. The van der Waals surface area contributed by atoms with Crippen molar-refractivity contribution < 1.29 is 13.9 Å². The van der Waals surface area contributed by atoms with Crippen LogP contribution in [0.2, 0.25) is 0 Å². The quantitative estimate of drug-likeness (QED) is 0.497. The highest BCUT2D eigenvalue weighted by Gasteiger charge is 2.21. The maximum absolute atomic E-state index is 6.17. The normalized spacial score (nSPS) is 10.6. The van der Waals surface area contributed by atoms with Gasteiger partial charge in [0.1, 0.15) is 5.69 Å². The van der Waals surface area contributed by atoms with Crippen LogP contribution in [0.4, 0.5) is 0 Å². The number of aromatic nitrogens is 2. The zero-order chi connectivity index (χ0) is 18.6. The summed E-state index contributed by atoms with van der Waals surface area (Å²) in [5.41, 5.74) is 3.25. The van der Waals surface area contributed by atoms with Crippen LogP contribution in [0.15, 0.2) is 77.2 Å². The van der Waals surface area contributed by atoms with E-state index in [0.717, 1.165) is 16.7 Å². The fourth-order valence-corrected chi connectivity index (χ4v) is 2.87. The number of hydrogen-bond donors (Lipinski definition) is 0. The van der Waals surface area contributed by atoms with E-state index in [1.54, 1.807) is 20.3 Å². The van der Waals surface area contributed by atoms with Crippen LogP contribution >= 0.6 is 0 Å². The Morgan fingerprint density at radius 1 is 0.704 bits per heavy atom. The summed E-state index contributed by atoms with van der Waals surface area (Å²) < 4.78 is 16.8. The number of hydrogen-bond acceptors (Lipinski definition) is 5. The third kappa shape index (κ3) is 3.27. The molecule has 0 aliphatic heterocycles. The molecule has 0 spiro atoms. The van der Waals surface area contributed by atoms with Gasteiger partial charge in [-0.3, -0.25) is 0 Å². The molecular formula is C22H18N2O3. The molecule has 2 aromatic carbocycles. The monoisotopic (exact) mass is 358 g/mol. The van der Waals surface area contributed by atoms with Gasteiger partial charge < -0.3 is 13.9 Å². The van der Waals surface area contributed by atoms with Gasteiger partial charge in [-0.2, -0.15) is 4.98 Å². The second-order valence-electron chi connectivity index (χ2n) is 5.84. The van der Waals surface area contributed by atoms with Gasteiger partial charge >= 0.3 is 0 Å². The summed E-state index contributed by atoms with van der Waals surface area (Å²) in [4.78, 5) is 9.14. The van der Waals surface area contributed by atoms with Crippen LogP contribution in [0.5, 0.6) is 11.8 Å². The average Bonchev–Trinajstić information content (AvgIpc) is 3.19. The van der Waals surface area contributed by atoms with Crippen molar-refractivity contribution in [3.05, 3.63) is 72.8 Å². The molecule has 0 saturated carbocycles. The number of benzene rings is 2. The molecule has 2 heterocycles. The molecule has 0 aliphatic rings. The minimum absolute atomic E-state index is 0.430. The van der Waals surface area contributed by atoms with Crippen molar-refractivity contribution >= 4 is 0 Å². The van der Waals surface area contributed by atoms with Gasteiger partial charge in [-0.05, 0) is 18.2 Å². The first-order chi connectivity index (χ1) is 13.3. The van der Waals surface area contributed by atoms with Crippen molar-refractivity contribution in [3.63, 3.8) is 0 Å². The molecule has 0 aliphatic carbocycles. The first-order valence-electron chi connectivity index (χ1n) is 8.51. The molecule has 4 rings (SSSR count). The Labute approximate surface area is 157 Å². The van der Waals surface area contributed by atoms with E-state index in [1.165, 1.54) is 0 Å². The minimum Gasteiger partial charge on any atom is -0.481 e. The van der Waals surface area contributed by atoms with Crippen molar-refractivity contribution in [2.75, 3.05) is 14.2 Å². The number of ether oxygens (including phenoxy) is 2. The smallest absolute Gasteiger partial charge is 0.227 e. The van der Waals surface area contributed by atoms with Gasteiger partial charge in [-0.1, -0.05) is 48.5 Å². The summed E-state index contributed by atoms with van der Waals surface area (Å²) in [6.45, 7) is 0. The van der Waals surface area contributed by atoms with E-state index in [0.29, 0.717) is 29.1 Å². The SMILES string of the molecule is COc1ccc(-c2nc(-c3ccccc3)oc2-c2ccccc2)c(OC)n1. The number of nitrogens with zero attached hydrogens (tertiary/aromatic N) is 2. The number of rotatable bonds is 5. The standard InChI is InChI=1S/C22H18N2O3/c1-25-18-14-13-17(22(23-18)26-2)19-20(15-9-5-3-6-10-15)27-21(24-19)16-11-7-4-8-12-16/h3-14H,1-2H3. The molecule has 0 unspecified atom stereocenters. The van der Waals surface area contributed by atoms with E-state index in [9.17, 15) is 0 Å². The largest absolute Gasteiger partial charge is 0.481 e. The lowest BCUT2D eigenvalue weighted by atomic mass is 10.1. The van der Waals surface area contributed by atoms with E-state index < -0.39 is 0 Å². The summed E-state index contributed by atoms with van der Waals surface area (Å²) in [6.07, 6.45) is 0. The first-order valence-corrected chi connectivity index (χ1v) is 8.51. The van der Waals surface area contributed by atoms with Crippen molar-refractivity contribution in [1.29, 1.82) is 0 Å². The molecule has 0 amide bonds. The molecule has 4 aromatic rings. The molecule has 134 valence electrons. The van der Waals surface area contributed by atoms with Crippen molar-refractivity contribution in [2.24, 2.45) is 0 Å². The van der Waals surface area contributed by atoms with E-state index in [-0.39, 0.29) is 0 Å². The van der Waals surface area contributed by atoms with Crippen LogP contribution in [-0.2, 0) is 0 Å². The maximum Gasteiger partial charge on any atom is 0.227 e. The number of pyridine rings is 1. The highest BCUT2D eigenvalue weighted by molar-refractivity contribution is 5.81. The van der Waals surface area contributed by atoms with Gasteiger partial charge in [0.05, 0.1) is 19.8 Å². The minimum atomic E-state index is 0.430. The summed E-state index contributed by atoms with van der Waals surface area (Å²) in [5.74, 6) is 2.12. The van der Waals surface area contributed by atoms with Gasteiger partial charge in [0.25, 0.3) is 0 Å². The maximum atomic E-state index is 6.17. The zero-order valence-corrected chi connectivity index (χ0v) is 15.0. The number of oxazole rings is 1. The van der Waals surface area contributed by atoms with Crippen LogP contribution in [-0.4, -0.2) is 24.2 Å². The van der Waals surface area contributed by atoms with Gasteiger partial charge in [-0.15, -0.1) is 0 Å². The molecule has 0 N–H and O–H groups in total. The highest BCUT2D eigenvalue weighted by Crippen LogP contribution is 2.39. The van der Waals surface area contributed by atoms with Crippen LogP contribution < -0.4 is 9.47 Å². The highest BCUT2D eigenvalue weighted by atomic mass is 16.5. The van der Waals surface area contributed by atoms with Crippen molar-refractivity contribution in [1.82, 2.24) is 9.97 Å². The first kappa shape index (κ1) is 16.8. The molecule has 0 saturated heterocycles. The third-order valence-electron chi connectivity index (χ3n) is 4.18. The second kappa shape index (κ2) is 7.33.